The first kappa shape index (κ1) is 18.2. The second kappa shape index (κ2) is 7.59. The molecule has 0 spiro atoms. The van der Waals surface area contributed by atoms with Gasteiger partial charge in [0, 0.05) is 11.7 Å². The molecule has 2 N–H and O–H groups in total. The summed E-state index contributed by atoms with van der Waals surface area (Å²) >= 11 is 5.59. The van der Waals surface area contributed by atoms with E-state index in [-0.39, 0.29) is 17.5 Å². The van der Waals surface area contributed by atoms with Crippen LogP contribution in [0.1, 0.15) is 12.0 Å². The number of hydrogen-bond donors (Lipinski definition) is 2. The molecule has 7 heteroatoms. The second-order valence-electron chi connectivity index (χ2n) is 6.45. The van der Waals surface area contributed by atoms with Crippen molar-refractivity contribution in [2.45, 2.75) is 19.4 Å². The lowest BCUT2D eigenvalue weighted by Gasteiger charge is -2.31. The minimum atomic E-state index is -2.93. The number of nitrogens with zero attached hydrogens (tertiary/aromatic N) is 1. The first-order valence-corrected chi connectivity index (χ1v) is 10.1. The number of hydrogen-bond acceptors (Lipinski definition) is 3. The van der Waals surface area contributed by atoms with Crippen molar-refractivity contribution in [2.24, 2.45) is 0 Å². The van der Waals surface area contributed by atoms with Gasteiger partial charge in [0.2, 0.25) is 0 Å². The predicted octanol–water partition coefficient (Wildman–Crippen LogP) is 0.325. The normalized spacial score (nSPS) is 19.7. The third kappa shape index (κ3) is 5.16. The summed E-state index contributed by atoms with van der Waals surface area (Å²) in [5, 5.41) is 3.91. The molecule has 1 fully saturated rings. The topological polar surface area (TPSA) is 53.9 Å². The Labute approximate surface area is 144 Å². The molecular weight excluding hydrogens is 330 g/mol. The highest BCUT2D eigenvalue weighted by molar-refractivity contribution is 7.91. The lowest BCUT2D eigenvalue weighted by atomic mass is 10.2. The molecule has 1 aromatic rings. The fourth-order valence-corrected chi connectivity index (χ4v) is 4.80. The molecule has 1 atom stereocenters. The van der Waals surface area contributed by atoms with Crippen LogP contribution in [-0.4, -0.2) is 63.2 Å². The maximum atomic E-state index is 11.8. The van der Waals surface area contributed by atoms with Gasteiger partial charge < -0.3 is 15.1 Å². The van der Waals surface area contributed by atoms with Crippen LogP contribution in [0.15, 0.2) is 24.3 Å². The third-order valence-corrected chi connectivity index (χ3v) is 6.24. The lowest BCUT2D eigenvalue weighted by molar-refractivity contribution is -0.857. The van der Waals surface area contributed by atoms with Crippen molar-refractivity contribution in [2.75, 3.05) is 44.0 Å². The van der Waals surface area contributed by atoms with Gasteiger partial charge >= 0.3 is 0 Å². The van der Waals surface area contributed by atoms with Gasteiger partial charge in [-0.25, -0.2) is 8.42 Å². The molecule has 128 valence electrons. The van der Waals surface area contributed by atoms with Gasteiger partial charge in [0.1, 0.15) is 0 Å². The standard InChI is InChI=1S/C16H25N3O2S2/c1-13-6-4-5-7-15(13)17-16(22)19(10-9-18(2)3)14-8-11-23(20,21)12-14/h4-7,14H,8-12H2,1-3H3,(H,17,22)/p+1/t14-/m1/s1. The first-order chi connectivity index (χ1) is 10.8. The van der Waals surface area contributed by atoms with Gasteiger partial charge in [0.05, 0.1) is 38.7 Å². The molecule has 0 aromatic heterocycles. The van der Waals surface area contributed by atoms with Crippen molar-refractivity contribution in [1.82, 2.24) is 4.90 Å². The van der Waals surface area contributed by atoms with Crippen molar-refractivity contribution in [1.29, 1.82) is 0 Å². The predicted molar refractivity (Wildman–Crippen MR) is 98.8 cm³/mol. The van der Waals surface area contributed by atoms with E-state index in [2.05, 4.69) is 24.3 Å². The smallest absolute Gasteiger partial charge is 0.173 e. The molecule has 0 bridgehead atoms. The number of likely N-dealkylation sites (N-methyl/N-ethyl adjacent to an activating group) is 1. The SMILES string of the molecule is Cc1ccccc1NC(=S)N(CC[NH+](C)C)[C@@H]1CCS(=O)(=O)C1. The number of quaternary nitrogens is 1. The van der Waals surface area contributed by atoms with Crippen LogP contribution in [0, 0.1) is 6.92 Å². The van der Waals surface area contributed by atoms with Crippen LogP contribution in [0.5, 0.6) is 0 Å². The summed E-state index contributed by atoms with van der Waals surface area (Å²) in [4.78, 5) is 3.37. The van der Waals surface area contributed by atoms with Gasteiger partial charge in [-0.2, -0.15) is 0 Å². The van der Waals surface area contributed by atoms with Crippen molar-refractivity contribution in [3.8, 4) is 0 Å². The fourth-order valence-electron chi connectivity index (χ4n) is 2.72. The van der Waals surface area contributed by atoms with E-state index in [1.165, 1.54) is 4.90 Å². The van der Waals surface area contributed by atoms with E-state index in [0.717, 1.165) is 24.3 Å². The highest BCUT2D eigenvalue weighted by Gasteiger charge is 2.33. The van der Waals surface area contributed by atoms with E-state index < -0.39 is 9.84 Å². The van der Waals surface area contributed by atoms with E-state index in [1.54, 1.807) is 0 Å². The van der Waals surface area contributed by atoms with Crippen molar-refractivity contribution in [3.05, 3.63) is 29.8 Å². The van der Waals surface area contributed by atoms with Crippen LogP contribution in [0.3, 0.4) is 0 Å². The molecule has 0 amide bonds. The number of sulfone groups is 1. The Balaban J connectivity index is 2.12. The molecule has 1 saturated heterocycles. The zero-order chi connectivity index (χ0) is 17.0. The van der Waals surface area contributed by atoms with E-state index in [4.69, 9.17) is 12.2 Å². The molecule has 0 saturated carbocycles. The summed E-state index contributed by atoms with van der Waals surface area (Å²) in [7, 11) is 1.24. The maximum Gasteiger partial charge on any atom is 0.173 e. The van der Waals surface area contributed by atoms with Gasteiger partial charge in [0.15, 0.2) is 14.9 Å². The van der Waals surface area contributed by atoms with Gasteiger partial charge in [0.25, 0.3) is 0 Å². The average Bonchev–Trinajstić information content (AvgIpc) is 2.81. The summed E-state index contributed by atoms with van der Waals surface area (Å²) in [6.45, 7) is 3.69. The summed E-state index contributed by atoms with van der Waals surface area (Å²) in [5.74, 6) is 0.460. The van der Waals surface area contributed by atoms with Crippen LogP contribution in [0.4, 0.5) is 5.69 Å². The van der Waals surface area contributed by atoms with Crippen LogP contribution in [0.2, 0.25) is 0 Å². The number of thiocarbonyl (C=S) groups is 1. The molecule has 1 aromatic carbocycles. The number of para-hydroxylation sites is 1. The maximum absolute atomic E-state index is 11.8. The molecule has 1 heterocycles. The molecule has 1 aliphatic heterocycles. The third-order valence-electron chi connectivity index (χ3n) is 4.15. The van der Waals surface area contributed by atoms with Gasteiger partial charge in [-0.15, -0.1) is 0 Å². The Morgan fingerprint density at radius 1 is 1.39 bits per heavy atom. The Hall–Kier alpha value is -1.18. The largest absolute Gasteiger partial charge is 0.339 e. The second-order valence-corrected chi connectivity index (χ2v) is 9.07. The Kier molecular flexibility index (Phi) is 6.00. The molecular formula is C16H26N3O2S2+. The average molecular weight is 357 g/mol. The number of anilines is 1. The monoisotopic (exact) mass is 356 g/mol. The summed E-state index contributed by atoms with van der Waals surface area (Å²) in [6.07, 6.45) is 0.653. The summed E-state index contributed by atoms with van der Waals surface area (Å²) in [5.41, 5.74) is 2.09. The van der Waals surface area contributed by atoms with Crippen LogP contribution < -0.4 is 10.2 Å². The van der Waals surface area contributed by atoms with Gasteiger partial charge in [-0.05, 0) is 37.2 Å². The minimum absolute atomic E-state index is 0.0247. The molecule has 0 unspecified atom stereocenters. The Morgan fingerprint density at radius 3 is 2.65 bits per heavy atom. The molecule has 1 aliphatic rings. The number of aryl methyl sites for hydroxylation is 1. The van der Waals surface area contributed by atoms with E-state index >= 15 is 0 Å². The molecule has 5 nitrogen and oxygen atoms in total. The number of nitrogens with one attached hydrogen (secondary N) is 2. The summed E-state index contributed by atoms with van der Waals surface area (Å²) < 4.78 is 23.6. The van der Waals surface area contributed by atoms with E-state index in [0.29, 0.717) is 11.5 Å². The van der Waals surface area contributed by atoms with Gasteiger partial charge in [-0.3, -0.25) is 0 Å². The molecule has 2 rings (SSSR count). The minimum Gasteiger partial charge on any atom is -0.339 e. The van der Waals surface area contributed by atoms with E-state index in [9.17, 15) is 8.42 Å². The van der Waals surface area contributed by atoms with E-state index in [1.807, 2.05) is 31.2 Å². The molecule has 0 aliphatic carbocycles. The fraction of sp³-hybridized carbons (Fsp3) is 0.562. The van der Waals surface area contributed by atoms with Crippen LogP contribution in [0.25, 0.3) is 0 Å². The van der Waals surface area contributed by atoms with Crippen molar-refractivity contribution in [3.63, 3.8) is 0 Å². The Morgan fingerprint density at radius 2 is 2.09 bits per heavy atom. The highest BCUT2D eigenvalue weighted by Crippen LogP contribution is 2.20. The van der Waals surface area contributed by atoms with Gasteiger partial charge in [-0.1, -0.05) is 18.2 Å². The molecule has 0 radical (unpaired) electrons. The van der Waals surface area contributed by atoms with Crippen molar-refractivity contribution >= 4 is 32.9 Å². The Bertz CT molecular complexity index is 659. The first-order valence-electron chi connectivity index (χ1n) is 7.91. The quantitative estimate of drug-likeness (QED) is 0.745. The highest BCUT2D eigenvalue weighted by atomic mass is 32.2. The zero-order valence-electron chi connectivity index (χ0n) is 14.0. The summed E-state index contributed by atoms with van der Waals surface area (Å²) in [6, 6.07) is 7.94. The number of rotatable bonds is 5. The van der Waals surface area contributed by atoms with Crippen LogP contribution >= 0.6 is 12.2 Å². The van der Waals surface area contributed by atoms with Crippen LogP contribution in [-0.2, 0) is 9.84 Å². The lowest BCUT2D eigenvalue weighted by Crippen LogP contribution is -3.06. The van der Waals surface area contributed by atoms with Crippen molar-refractivity contribution < 1.29 is 13.3 Å². The number of benzene rings is 1. The zero-order valence-corrected chi connectivity index (χ0v) is 15.6. The molecule has 23 heavy (non-hydrogen) atoms.